The highest BCUT2D eigenvalue weighted by molar-refractivity contribution is 5.75. The predicted octanol–water partition coefficient (Wildman–Crippen LogP) is 2.69. The lowest BCUT2D eigenvalue weighted by atomic mass is 10.1. The molecule has 2 heterocycles. The molecule has 0 unspecified atom stereocenters. The molecule has 1 aliphatic heterocycles. The maximum Gasteiger partial charge on any atom is 0.243 e. The van der Waals surface area contributed by atoms with Crippen LogP contribution in [0.3, 0.4) is 0 Å². The number of nitrogens with one attached hydrogen (secondary N) is 1. The van der Waals surface area contributed by atoms with E-state index < -0.39 is 0 Å². The summed E-state index contributed by atoms with van der Waals surface area (Å²) in [6.45, 7) is 6.87. The van der Waals surface area contributed by atoms with Crippen LogP contribution in [0, 0.1) is 6.92 Å². The zero-order valence-corrected chi connectivity index (χ0v) is 17.4. The Kier molecular flexibility index (Phi) is 5.65. The molecular formula is C22H25N5O3. The average Bonchev–Trinajstić information content (AvgIpc) is 3.32. The number of ether oxygens (including phenoxy) is 2. The molecule has 2 aromatic carbocycles. The predicted molar refractivity (Wildman–Crippen MR) is 111 cm³/mol. The fraction of sp³-hybridized carbons (Fsp3) is 0.364. The number of rotatable bonds is 7. The monoisotopic (exact) mass is 407 g/mol. The number of benzene rings is 2. The molecule has 8 heteroatoms. The van der Waals surface area contributed by atoms with Crippen molar-refractivity contribution in [3.63, 3.8) is 0 Å². The molecule has 0 aliphatic carbocycles. The van der Waals surface area contributed by atoms with Crippen molar-refractivity contribution in [2.24, 2.45) is 0 Å². The van der Waals surface area contributed by atoms with Gasteiger partial charge >= 0.3 is 0 Å². The Balaban J connectivity index is 1.39. The van der Waals surface area contributed by atoms with E-state index in [0.717, 1.165) is 40.2 Å². The van der Waals surface area contributed by atoms with Gasteiger partial charge in [-0.15, -0.1) is 10.2 Å². The van der Waals surface area contributed by atoms with Crippen molar-refractivity contribution in [1.29, 1.82) is 0 Å². The molecule has 1 amide bonds. The summed E-state index contributed by atoms with van der Waals surface area (Å²) in [5.74, 6) is 1.91. The third-order valence-corrected chi connectivity index (χ3v) is 4.90. The molecule has 1 atom stereocenters. The van der Waals surface area contributed by atoms with Gasteiger partial charge in [0, 0.05) is 29.7 Å². The molecule has 3 aromatic rings. The molecular weight excluding hydrogens is 382 g/mol. The largest absolute Gasteiger partial charge is 0.494 e. The lowest BCUT2D eigenvalue weighted by Crippen LogP contribution is -2.28. The van der Waals surface area contributed by atoms with E-state index in [9.17, 15) is 4.79 Å². The quantitative estimate of drug-likeness (QED) is 0.648. The van der Waals surface area contributed by atoms with Crippen molar-refractivity contribution in [2.75, 3.05) is 6.61 Å². The van der Waals surface area contributed by atoms with Gasteiger partial charge in [0.1, 0.15) is 24.1 Å². The number of amides is 1. The summed E-state index contributed by atoms with van der Waals surface area (Å²) in [7, 11) is 0. The molecule has 0 saturated carbocycles. The molecule has 1 aliphatic rings. The van der Waals surface area contributed by atoms with E-state index in [-0.39, 0.29) is 18.6 Å². The average molecular weight is 407 g/mol. The van der Waals surface area contributed by atoms with Crippen LogP contribution in [0.4, 0.5) is 0 Å². The molecule has 156 valence electrons. The van der Waals surface area contributed by atoms with E-state index in [1.54, 1.807) is 0 Å². The van der Waals surface area contributed by atoms with Crippen molar-refractivity contribution in [3.8, 4) is 22.9 Å². The van der Waals surface area contributed by atoms with E-state index in [2.05, 4.69) is 20.7 Å². The minimum atomic E-state index is -0.208. The van der Waals surface area contributed by atoms with Gasteiger partial charge in [0.2, 0.25) is 11.7 Å². The zero-order valence-electron chi connectivity index (χ0n) is 17.4. The maximum absolute atomic E-state index is 12.4. The molecule has 8 nitrogen and oxygen atoms in total. The Hall–Kier alpha value is -3.42. The first-order valence-corrected chi connectivity index (χ1v) is 10.1. The molecule has 1 N–H and O–H groups in total. The van der Waals surface area contributed by atoms with Crippen LogP contribution in [-0.2, 0) is 24.3 Å². The van der Waals surface area contributed by atoms with E-state index in [4.69, 9.17) is 9.47 Å². The number of tetrazole rings is 1. The van der Waals surface area contributed by atoms with E-state index in [1.807, 2.05) is 57.2 Å². The highest BCUT2D eigenvalue weighted by atomic mass is 16.5. The summed E-state index contributed by atoms with van der Waals surface area (Å²) in [4.78, 5) is 13.7. The number of carbonyl (C=O) groups excluding carboxylic acids is 1. The summed E-state index contributed by atoms with van der Waals surface area (Å²) in [6.07, 6.45) is 1.02. The molecule has 4 rings (SSSR count). The van der Waals surface area contributed by atoms with Gasteiger partial charge in [0.15, 0.2) is 0 Å². The number of fused-ring (bicyclic) bond motifs is 1. The Morgan fingerprint density at radius 1 is 1.30 bits per heavy atom. The van der Waals surface area contributed by atoms with Gasteiger partial charge in [-0.3, -0.25) is 4.79 Å². The summed E-state index contributed by atoms with van der Waals surface area (Å²) in [6, 6.07) is 11.8. The van der Waals surface area contributed by atoms with Crippen LogP contribution in [0.25, 0.3) is 11.4 Å². The molecule has 0 fully saturated rings. The second-order valence-electron chi connectivity index (χ2n) is 7.42. The van der Waals surface area contributed by atoms with Crippen molar-refractivity contribution in [1.82, 2.24) is 25.5 Å². The molecule has 0 spiro atoms. The molecule has 0 saturated heterocycles. The van der Waals surface area contributed by atoms with Gasteiger partial charge in [-0.25, -0.2) is 0 Å². The number of carbonyl (C=O) groups is 1. The van der Waals surface area contributed by atoms with Crippen LogP contribution in [0.2, 0.25) is 0 Å². The Morgan fingerprint density at radius 2 is 2.10 bits per heavy atom. The van der Waals surface area contributed by atoms with Gasteiger partial charge in [-0.05, 0) is 38.1 Å². The van der Waals surface area contributed by atoms with Gasteiger partial charge < -0.3 is 14.8 Å². The molecule has 30 heavy (non-hydrogen) atoms. The third kappa shape index (κ3) is 4.42. The summed E-state index contributed by atoms with van der Waals surface area (Å²) in [5.41, 5.74) is 4.03. The highest BCUT2D eigenvalue weighted by Gasteiger charge is 2.22. The van der Waals surface area contributed by atoms with Crippen molar-refractivity contribution in [2.45, 2.75) is 46.4 Å². The first kappa shape index (κ1) is 19.9. The van der Waals surface area contributed by atoms with Gasteiger partial charge in [-0.2, -0.15) is 4.80 Å². The highest BCUT2D eigenvalue weighted by Crippen LogP contribution is 2.35. The lowest BCUT2D eigenvalue weighted by molar-refractivity contribution is -0.122. The smallest absolute Gasteiger partial charge is 0.243 e. The number of hydrogen-bond acceptors (Lipinski definition) is 6. The van der Waals surface area contributed by atoms with Crippen LogP contribution in [0.15, 0.2) is 36.4 Å². The second kappa shape index (κ2) is 8.52. The Labute approximate surface area is 175 Å². The van der Waals surface area contributed by atoms with E-state index in [0.29, 0.717) is 19.0 Å². The number of nitrogens with zero attached hydrogens (tertiary/aromatic N) is 4. The van der Waals surface area contributed by atoms with Crippen LogP contribution < -0.4 is 14.8 Å². The molecule has 0 radical (unpaired) electrons. The first-order chi connectivity index (χ1) is 14.5. The van der Waals surface area contributed by atoms with Crippen molar-refractivity contribution >= 4 is 5.91 Å². The fourth-order valence-electron chi connectivity index (χ4n) is 3.42. The van der Waals surface area contributed by atoms with E-state index >= 15 is 0 Å². The van der Waals surface area contributed by atoms with Crippen LogP contribution >= 0.6 is 0 Å². The van der Waals surface area contributed by atoms with Gasteiger partial charge in [0.05, 0.1) is 6.61 Å². The number of aryl methyl sites for hydroxylation is 1. The minimum absolute atomic E-state index is 0.0126. The zero-order chi connectivity index (χ0) is 21.1. The van der Waals surface area contributed by atoms with Crippen molar-refractivity contribution in [3.05, 3.63) is 53.1 Å². The summed E-state index contributed by atoms with van der Waals surface area (Å²) in [5, 5.41) is 15.2. The normalized spacial score (nSPS) is 14.8. The Morgan fingerprint density at radius 3 is 2.87 bits per heavy atom. The molecule has 1 aromatic heterocycles. The standard InChI is InChI=1S/C22H25N5O3/c1-4-29-19-10-17-9-15(3)30-20(17)11-18(19)12-23-21(28)13-27-25-22(24-26-27)16-7-5-14(2)6-8-16/h5-8,10-11,15H,4,9,12-13H2,1-3H3,(H,23,28)/t15-/m0/s1. The third-order valence-electron chi connectivity index (χ3n) is 4.90. The first-order valence-electron chi connectivity index (χ1n) is 10.1. The number of aromatic nitrogens is 4. The topological polar surface area (TPSA) is 91.2 Å². The summed E-state index contributed by atoms with van der Waals surface area (Å²) < 4.78 is 11.6. The van der Waals surface area contributed by atoms with Gasteiger partial charge in [0.25, 0.3) is 0 Å². The lowest BCUT2D eigenvalue weighted by Gasteiger charge is -2.13. The van der Waals surface area contributed by atoms with Crippen LogP contribution in [0.5, 0.6) is 11.5 Å². The number of hydrogen-bond donors (Lipinski definition) is 1. The summed E-state index contributed by atoms with van der Waals surface area (Å²) >= 11 is 0. The van der Waals surface area contributed by atoms with Crippen LogP contribution in [-0.4, -0.2) is 38.8 Å². The SMILES string of the molecule is CCOc1cc2c(cc1CNC(=O)Cn1nnc(-c3ccc(C)cc3)n1)O[C@@H](C)C2. The maximum atomic E-state index is 12.4. The van der Waals surface area contributed by atoms with Gasteiger partial charge in [-0.1, -0.05) is 29.8 Å². The molecule has 0 bridgehead atoms. The minimum Gasteiger partial charge on any atom is -0.494 e. The van der Waals surface area contributed by atoms with E-state index in [1.165, 1.54) is 4.80 Å². The van der Waals surface area contributed by atoms with Crippen LogP contribution in [0.1, 0.15) is 30.5 Å². The second-order valence-corrected chi connectivity index (χ2v) is 7.42. The fourth-order valence-corrected chi connectivity index (χ4v) is 3.42. The van der Waals surface area contributed by atoms with Crippen molar-refractivity contribution < 1.29 is 14.3 Å². The Bertz CT molecular complexity index is 1050.